The Labute approximate surface area is 96.8 Å². The van der Waals surface area contributed by atoms with E-state index in [4.69, 9.17) is 9.47 Å². The fraction of sp³-hybridized carbons (Fsp3) is 0.615. The van der Waals surface area contributed by atoms with Gasteiger partial charge in [0.05, 0.1) is 13.2 Å². The van der Waals surface area contributed by atoms with Gasteiger partial charge in [0.1, 0.15) is 6.29 Å². The van der Waals surface area contributed by atoms with Gasteiger partial charge in [0.2, 0.25) is 6.29 Å². The predicted octanol–water partition coefficient (Wildman–Crippen LogP) is 2.07. The summed E-state index contributed by atoms with van der Waals surface area (Å²) >= 11 is 0. The molecule has 1 heterocycles. The molecule has 0 saturated carbocycles. The van der Waals surface area contributed by atoms with Gasteiger partial charge in [0.25, 0.3) is 0 Å². The highest BCUT2D eigenvalue weighted by molar-refractivity contribution is 5.71. The summed E-state index contributed by atoms with van der Waals surface area (Å²) in [6.45, 7) is 3.28. The van der Waals surface area contributed by atoms with Crippen LogP contribution >= 0.6 is 0 Å². The molecule has 0 amide bonds. The quantitative estimate of drug-likeness (QED) is 0.316. The second-order valence-corrected chi connectivity index (χ2v) is 3.71. The van der Waals surface area contributed by atoms with Crippen LogP contribution in [0.3, 0.4) is 0 Å². The molecule has 0 aromatic rings. The molecule has 3 heteroatoms. The van der Waals surface area contributed by atoms with E-state index >= 15 is 0 Å². The Morgan fingerprint density at radius 3 is 2.88 bits per heavy atom. The Bertz CT molecular complexity index is 290. The van der Waals surface area contributed by atoms with E-state index in [1.54, 1.807) is 0 Å². The molecule has 0 atom stereocenters. The standard InChI is InChI=1S/C13H18O3/c1-12(11-14)7-4-2-3-5-8-13-15-9-6-10-16-13/h7,11,13H,2-4,6,9-10H2,1H3/b12-7+. The van der Waals surface area contributed by atoms with E-state index in [9.17, 15) is 4.79 Å². The summed E-state index contributed by atoms with van der Waals surface area (Å²) in [6.07, 6.45) is 6.09. The average Bonchev–Trinajstić information content (AvgIpc) is 2.34. The molecule has 0 aromatic carbocycles. The van der Waals surface area contributed by atoms with Crippen LogP contribution in [0.4, 0.5) is 0 Å². The SMILES string of the molecule is C/C(C=O)=C\CCCC#CC1OCCCO1. The zero-order chi connectivity index (χ0) is 11.6. The summed E-state index contributed by atoms with van der Waals surface area (Å²) in [5, 5.41) is 0. The third kappa shape index (κ3) is 5.69. The zero-order valence-corrected chi connectivity index (χ0v) is 9.70. The zero-order valence-electron chi connectivity index (χ0n) is 9.70. The highest BCUT2D eigenvalue weighted by Crippen LogP contribution is 2.04. The molecule has 1 aliphatic rings. The number of aldehydes is 1. The fourth-order valence-electron chi connectivity index (χ4n) is 1.29. The average molecular weight is 222 g/mol. The summed E-state index contributed by atoms with van der Waals surface area (Å²) in [6, 6.07) is 0. The molecule has 1 aliphatic heterocycles. The van der Waals surface area contributed by atoms with Gasteiger partial charge in [-0.05, 0) is 37.7 Å². The number of unbranched alkanes of at least 4 members (excludes halogenated alkanes) is 2. The second-order valence-electron chi connectivity index (χ2n) is 3.71. The highest BCUT2D eigenvalue weighted by Gasteiger charge is 2.09. The van der Waals surface area contributed by atoms with E-state index in [0.29, 0.717) is 0 Å². The van der Waals surface area contributed by atoms with Crippen LogP contribution in [0.1, 0.15) is 32.6 Å². The highest BCUT2D eigenvalue weighted by atomic mass is 16.7. The van der Waals surface area contributed by atoms with Gasteiger partial charge in [-0.15, -0.1) is 0 Å². The molecule has 0 unspecified atom stereocenters. The molecular weight excluding hydrogens is 204 g/mol. The number of hydrogen-bond donors (Lipinski definition) is 0. The minimum absolute atomic E-state index is 0.332. The Morgan fingerprint density at radius 2 is 2.19 bits per heavy atom. The lowest BCUT2D eigenvalue weighted by Crippen LogP contribution is -2.22. The van der Waals surface area contributed by atoms with Gasteiger partial charge in [-0.3, -0.25) is 4.79 Å². The van der Waals surface area contributed by atoms with Crippen molar-refractivity contribution in [1.82, 2.24) is 0 Å². The Balaban J connectivity index is 2.10. The Morgan fingerprint density at radius 1 is 1.44 bits per heavy atom. The number of ether oxygens (including phenoxy) is 2. The Hall–Kier alpha value is -1.11. The molecule has 88 valence electrons. The number of rotatable bonds is 4. The first-order valence-corrected chi connectivity index (χ1v) is 5.66. The van der Waals surface area contributed by atoms with Crippen LogP contribution in [0, 0.1) is 11.8 Å². The molecular formula is C13H18O3. The van der Waals surface area contributed by atoms with Crippen LogP contribution in [0.15, 0.2) is 11.6 Å². The minimum Gasteiger partial charge on any atom is -0.342 e. The maximum absolute atomic E-state index is 10.3. The van der Waals surface area contributed by atoms with Crippen LogP contribution in [-0.4, -0.2) is 25.8 Å². The topological polar surface area (TPSA) is 35.5 Å². The molecule has 1 rings (SSSR count). The lowest BCUT2D eigenvalue weighted by molar-refractivity contribution is -0.144. The first-order chi connectivity index (χ1) is 7.83. The summed E-state index contributed by atoms with van der Waals surface area (Å²) in [5.74, 6) is 5.97. The van der Waals surface area contributed by atoms with Crippen LogP contribution in [0.5, 0.6) is 0 Å². The smallest absolute Gasteiger partial charge is 0.222 e. The van der Waals surface area contributed by atoms with Gasteiger partial charge in [-0.1, -0.05) is 12.0 Å². The van der Waals surface area contributed by atoms with Crippen LogP contribution < -0.4 is 0 Å². The third-order valence-corrected chi connectivity index (χ3v) is 2.21. The van der Waals surface area contributed by atoms with E-state index in [-0.39, 0.29) is 6.29 Å². The molecule has 0 radical (unpaired) electrons. The van der Waals surface area contributed by atoms with Crippen molar-refractivity contribution in [2.75, 3.05) is 13.2 Å². The molecule has 3 nitrogen and oxygen atoms in total. The van der Waals surface area contributed by atoms with Crippen molar-refractivity contribution in [2.45, 2.75) is 38.9 Å². The van der Waals surface area contributed by atoms with Gasteiger partial charge in [-0.25, -0.2) is 0 Å². The van der Waals surface area contributed by atoms with Gasteiger partial charge in [-0.2, -0.15) is 0 Å². The van der Waals surface area contributed by atoms with Crippen molar-refractivity contribution in [3.05, 3.63) is 11.6 Å². The van der Waals surface area contributed by atoms with Crippen molar-refractivity contribution in [3.63, 3.8) is 0 Å². The van der Waals surface area contributed by atoms with Crippen molar-refractivity contribution in [1.29, 1.82) is 0 Å². The minimum atomic E-state index is -0.332. The largest absolute Gasteiger partial charge is 0.342 e. The predicted molar refractivity (Wildman–Crippen MR) is 61.8 cm³/mol. The van der Waals surface area contributed by atoms with Crippen molar-refractivity contribution >= 4 is 6.29 Å². The normalized spacial score (nSPS) is 17.7. The molecule has 0 aromatic heterocycles. The lowest BCUT2D eigenvalue weighted by Gasteiger charge is -2.17. The van der Waals surface area contributed by atoms with Gasteiger partial charge >= 0.3 is 0 Å². The van der Waals surface area contributed by atoms with Crippen molar-refractivity contribution in [2.24, 2.45) is 0 Å². The lowest BCUT2D eigenvalue weighted by atomic mass is 10.2. The maximum atomic E-state index is 10.3. The molecule has 1 saturated heterocycles. The van der Waals surface area contributed by atoms with E-state index in [1.807, 2.05) is 13.0 Å². The summed E-state index contributed by atoms with van der Waals surface area (Å²) < 4.78 is 10.6. The van der Waals surface area contributed by atoms with Gasteiger partial charge < -0.3 is 9.47 Å². The molecule has 16 heavy (non-hydrogen) atoms. The second kappa shape index (κ2) is 8.09. The number of allylic oxidation sites excluding steroid dienone is 2. The van der Waals surface area contributed by atoms with Crippen LogP contribution in [0.2, 0.25) is 0 Å². The number of carbonyl (C=O) groups excluding carboxylic acids is 1. The molecule has 0 N–H and O–H groups in total. The van der Waals surface area contributed by atoms with Gasteiger partial charge in [0, 0.05) is 6.42 Å². The molecule has 0 spiro atoms. The summed E-state index contributed by atoms with van der Waals surface area (Å²) in [7, 11) is 0. The van der Waals surface area contributed by atoms with Gasteiger partial charge in [0.15, 0.2) is 0 Å². The summed E-state index contributed by atoms with van der Waals surface area (Å²) in [4.78, 5) is 10.3. The first-order valence-electron chi connectivity index (χ1n) is 5.66. The Kier molecular flexibility index (Phi) is 6.55. The third-order valence-electron chi connectivity index (χ3n) is 2.21. The molecule has 0 aliphatic carbocycles. The summed E-state index contributed by atoms with van der Waals surface area (Å²) in [5.41, 5.74) is 0.784. The van der Waals surface area contributed by atoms with E-state index in [0.717, 1.165) is 50.8 Å². The number of hydrogen-bond acceptors (Lipinski definition) is 3. The molecule has 1 fully saturated rings. The fourth-order valence-corrected chi connectivity index (χ4v) is 1.29. The molecule has 0 bridgehead atoms. The van der Waals surface area contributed by atoms with E-state index in [1.165, 1.54) is 0 Å². The van der Waals surface area contributed by atoms with Crippen molar-refractivity contribution in [3.8, 4) is 11.8 Å². The monoisotopic (exact) mass is 222 g/mol. The van der Waals surface area contributed by atoms with E-state index < -0.39 is 0 Å². The van der Waals surface area contributed by atoms with E-state index in [2.05, 4.69) is 11.8 Å². The first kappa shape index (κ1) is 13.0. The number of carbonyl (C=O) groups is 1. The van der Waals surface area contributed by atoms with Crippen LogP contribution in [-0.2, 0) is 14.3 Å². The maximum Gasteiger partial charge on any atom is 0.222 e. The van der Waals surface area contributed by atoms with Crippen molar-refractivity contribution < 1.29 is 14.3 Å². The van der Waals surface area contributed by atoms with Crippen LogP contribution in [0.25, 0.3) is 0 Å².